The molecule has 1 saturated carbocycles. The molecule has 0 spiro atoms. The number of nitrogens with one attached hydrogen (secondary N) is 1. The third-order valence-electron chi connectivity index (χ3n) is 6.33. The van der Waals surface area contributed by atoms with Crippen LogP contribution in [0.1, 0.15) is 42.2 Å². The minimum Gasteiger partial charge on any atom is -0.497 e. The van der Waals surface area contributed by atoms with Gasteiger partial charge in [0.1, 0.15) is 5.75 Å². The predicted octanol–water partition coefficient (Wildman–Crippen LogP) is 3.76. The highest BCUT2D eigenvalue weighted by molar-refractivity contribution is 7.10. The van der Waals surface area contributed by atoms with Crippen molar-refractivity contribution in [2.45, 2.75) is 37.1 Å². The molecule has 1 aromatic carbocycles. The van der Waals surface area contributed by atoms with Gasteiger partial charge in [0.15, 0.2) is 0 Å². The SMILES string of the molecule is COc1ccc(C(CNC(=O)C2(c3cccs3)CCCC2)N2CCOCC2)cc1. The van der Waals surface area contributed by atoms with Gasteiger partial charge in [-0.25, -0.2) is 0 Å². The molecule has 2 fully saturated rings. The van der Waals surface area contributed by atoms with Gasteiger partial charge in [-0.1, -0.05) is 31.0 Å². The van der Waals surface area contributed by atoms with Crippen molar-refractivity contribution in [1.29, 1.82) is 0 Å². The minimum absolute atomic E-state index is 0.135. The molecule has 1 atom stereocenters. The summed E-state index contributed by atoms with van der Waals surface area (Å²) in [4.78, 5) is 17.0. The number of nitrogens with zero attached hydrogens (tertiary/aromatic N) is 1. The number of benzene rings is 1. The van der Waals surface area contributed by atoms with Crippen LogP contribution in [0.4, 0.5) is 0 Å². The van der Waals surface area contributed by atoms with Gasteiger partial charge >= 0.3 is 0 Å². The lowest BCUT2D eigenvalue weighted by molar-refractivity contribution is -0.126. The van der Waals surface area contributed by atoms with E-state index in [1.54, 1.807) is 18.4 Å². The number of rotatable bonds is 7. The summed E-state index contributed by atoms with van der Waals surface area (Å²) in [7, 11) is 1.68. The largest absolute Gasteiger partial charge is 0.497 e. The second-order valence-electron chi connectivity index (χ2n) is 7.91. The fourth-order valence-electron chi connectivity index (χ4n) is 4.65. The van der Waals surface area contributed by atoms with Crippen LogP contribution in [0.15, 0.2) is 41.8 Å². The van der Waals surface area contributed by atoms with Gasteiger partial charge in [-0.15, -0.1) is 11.3 Å². The van der Waals surface area contributed by atoms with Crippen molar-refractivity contribution < 1.29 is 14.3 Å². The Kier molecular flexibility index (Phi) is 6.53. The molecule has 1 aliphatic carbocycles. The van der Waals surface area contributed by atoms with Crippen molar-refractivity contribution in [3.63, 3.8) is 0 Å². The van der Waals surface area contributed by atoms with Gasteiger partial charge in [-0.05, 0) is 42.0 Å². The first-order valence-electron chi connectivity index (χ1n) is 10.5. The molecule has 1 unspecified atom stereocenters. The Labute approximate surface area is 177 Å². The summed E-state index contributed by atoms with van der Waals surface area (Å²) in [6.45, 7) is 3.84. The van der Waals surface area contributed by atoms with Gasteiger partial charge in [-0.3, -0.25) is 9.69 Å². The first-order valence-corrected chi connectivity index (χ1v) is 11.4. The third-order valence-corrected chi connectivity index (χ3v) is 7.40. The van der Waals surface area contributed by atoms with Crippen molar-refractivity contribution in [1.82, 2.24) is 10.2 Å². The first kappa shape index (κ1) is 20.4. The van der Waals surface area contributed by atoms with E-state index in [9.17, 15) is 4.79 Å². The van der Waals surface area contributed by atoms with Crippen molar-refractivity contribution in [3.8, 4) is 5.75 Å². The molecule has 5 nitrogen and oxygen atoms in total. The van der Waals surface area contributed by atoms with Crippen LogP contribution in [0, 0.1) is 0 Å². The average molecular weight is 415 g/mol. The number of methoxy groups -OCH3 is 1. The molecular weight excluding hydrogens is 384 g/mol. The van der Waals surface area contributed by atoms with E-state index < -0.39 is 0 Å². The summed E-state index contributed by atoms with van der Waals surface area (Å²) in [6, 6.07) is 12.5. The highest BCUT2D eigenvalue weighted by Gasteiger charge is 2.43. The standard InChI is InChI=1S/C23H30N2O3S/c1-27-19-8-6-18(7-9-19)20(25-12-14-28-15-13-25)17-24-22(26)23(10-2-3-11-23)21-5-4-16-29-21/h4-9,16,20H,2-3,10-15,17H2,1H3,(H,24,26). The van der Waals surface area contributed by atoms with Crippen LogP contribution >= 0.6 is 11.3 Å². The molecular formula is C23H30N2O3S. The van der Waals surface area contributed by atoms with Crippen molar-refractivity contribution in [2.24, 2.45) is 0 Å². The third kappa shape index (κ3) is 4.34. The number of ether oxygens (including phenoxy) is 2. The second kappa shape index (κ2) is 9.28. The summed E-state index contributed by atoms with van der Waals surface area (Å²) in [6.07, 6.45) is 4.14. The van der Waals surface area contributed by atoms with E-state index >= 15 is 0 Å². The molecule has 2 heterocycles. The van der Waals surface area contributed by atoms with Gasteiger partial charge < -0.3 is 14.8 Å². The Morgan fingerprint density at radius 2 is 1.93 bits per heavy atom. The topological polar surface area (TPSA) is 50.8 Å². The lowest BCUT2D eigenvalue weighted by Gasteiger charge is -2.36. The van der Waals surface area contributed by atoms with Crippen LogP contribution in [0.25, 0.3) is 0 Å². The smallest absolute Gasteiger partial charge is 0.231 e. The molecule has 156 valence electrons. The maximum Gasteiger partial charge on any atom is 0.231 e. The molecule has 4 rings (SSSR count). The van der Waals surface area contributed by atoms with Crippen LogP contribution in [-0.4, -0.2) is 50.8 Å². The number of amides is 1. The van der Waals surface area contributed by atoms with E-state index in [2.05, 4.69) is 39.9 Å². The number of carbonyl (C=O) groups excluding carboxylic acids is 1. The fraction of sp³-hybridized carbons (Fsp3) is 0.522. The van der Waals surface area contributed by atoms with Crippen LogP contribution in [0.2, 0.25) is 0 Å². The molecule has 2 aliphatic rings. The van der Waals surface area contributed by atoms with Gasteiger partial charge in [0, 0.05) is 24.5 Å². The Bertz CT molecular complexity index is 779. The molecule has 0 bridgehead atoms. The monoisotopic (exact) mass is 414 g/mol. The molecule has 0 radical (unpaired) electrons. The zero-order chi connectivity index (χ0) is 20.1. The van der Waals surface area contributed by atoms with Gasteiger partial charge in [0.25, 0.3) is 0 Å². The number of thiophene rings is 1. The Morgan fingerprint density at radius 3 is 2.55 bits per heavy atom. The minimum atomic E-state index is -0.344. The molecule has 1 saturated heterocycles. The summed E-state index contributed by atoms with van der Waals surface area (Å²) in [5.74, 6) is 1.03. The van der Waals surface area contributed by atoms with Gasteiger partial charge in [0.2, 0.25) is 5.91 Å². The number of carbonyl (C=O) groups is 1. The van der Waals surface area contributed by atoms with E-state index in [0.29, 0.717) is 6.54 Å². The number of hydrogen-bond donors (Lipinski definition) is 1. The quantitative estimate of drug-likeness (QED) is 0.750. The van der Waals surface area contributed by atoms with E-state index in [1.807, 2.05) is 12.1 Å². The lowest BCUT2D eigenvalue weighted by Crippen LogP contribution is -2.47. The summed E-state index contributed by atoms with van der Waals surface area (Å²) in [5, 5.41) is 5.41. The average Bonchev–Trinajstić information content (AvgIpc) is 3.48. The molecule has 1 amide bonds. The highest BCUT2D eigenvalue weighted by atomic mass is 32.1. The number of morpholine rings is 1. The van der Waals surface area contributed by atoms with E-state index in [1.165, 1.54) is 10.4 Å². The van der Waals surface area contributed by atoms with Crippen LogP contribution in [0.3, 0.4) is 0 Å². The van der Waals surface area contributed by atoms with Gasteiger partial charge in [0.05, 0.1) is 31.8 Å². The van der Waals surface area contributed by atoms with Crippen molar-refractivity contribution in [2.75, 3.05) is 40.0 Å². The summed E-state index contributed by atoms with van der Waals surface area (Å²) in [5.41, 5.74) is 0.855. The maximum atomic E-state index is 13.4. The fourth-order valence-corrected chi connectivity index (χ4v) is 5.63. The Balaban J connectivity index is 1.51. The van der Waals surface area contributed by atoms with Crippen LogP contribution in [-0.2, 0) is 14.9 Å². The Hall–Kier alpha value is -1.89. The normalized spacial score (nSPS) is 20.3. The maximum absolute atomic E-state index is 13.4. The predicted molar refractivity (Wildman–Crippen MR) is 116 cm³/mol. The zero-order valence-corrected chi connectivity index (χ0v) is 17.9. The highest BCUT2D eigenvalue weighted by Crippen LogP contribution is 2.43. The summed E-state index contributed by atoms with van der Waals surface area (Å²) >= 11 is 1.71. The first-order chi connectivity index (χ1) is 14.2. The van der Waals surface area contributed by atoms with Crippen molar-refractivity contribution in [3.05, 3.63) is 52.2 Å². The van der Waals surface area contributed by atoms with Crippen LogP contribution < -0.4 is 10.1 Å². The molecule has 1 N–H and O–H groups in total. The van der Waals surface area contributed by atoms with Crippen molar-refractivity contribution >= 4 is 17.2 Å². The van der Waals surface area contributed by atoms with Gasteiger partial charge in [-0.2, -0.15) is 0 Å². The van der Waals surface area contributed by atoms with E-state index in [0.717, 1.165) is 57.7 Å². The molecule has 1 aliphatic heterocycles. The van der Waals surface area contributed by atoms with E-state index in [-0.39, 0.29) is 17.4 Å². The molecule has 29 heavy (non-hydrogen) atoms. The molecule has 1 aromatic heterocycles. The second-order valence-corrected chi connectivity index (χ2v) is 8.86. The number of hydrogen-bond acceptors (Lipinski definition) is 5. The Morgan fingerprint density at radius 1 is 1.21 bits per heavy atom. The lowest BCUT2D eigenvalue weighted by atomic mass is 9.83. The zero-order valence-electron chi connectivity index (χ0n) is 17.1. The van der Waals surface area contributed by atoms with E-state index in [4.69, 9.17) is 9.47 Å². The molecule has 2 aromatic rings. The van der Waals surface area contributed by atoms with Crippen LogP contribution in [0.5, 0.6) is 5.75 Å². The summed E-state index contributed by atoms with van der Waals surface area (Å²) < 4.78 is 10.9. The molecule has 6 heteroatoms.